The number of rotatable bonds is 6. The summed E-state index contributed by atoms with van der Waals surface area (Å²) in [6, 6.07) is 4.99. The number of nitrogens with one attached hydrogen (secondary N) is 1. The Morgan fingerprint density at radius 3 is 2.22 bits per heavy atom. The molecule has 166 valence electrons. The second-order valence-corrected chi connectivity index (χ2v) is 6.82. The van der Waals surface area contributed by atoms with E-state index in [0.29, 0.717) is 6.07 Å². The molecule has 10 heteroatoms. The van der Waals surface area contributed by atoms with Crippen molar-refractivity contribution in [2.45, 2.75) is 13.3 Å². The van der Waals surface area contributed by atoms with Crippen LogP contribution in [0.3, 0.4) is 0 Å². The lowest BCUT2D eigenvalue weighted by molar-refractivity contribution is -0.140. The maximum absolute atomic E-state index is 14.7. The van der Waals surface area contributed by atoms with Crippen molar-refractivity contribution in [1.82, 2.24) is 4.98 Å². The molecule has 32 heavy (non-hydrogen) atoms. The number of carbonyl (C=O) groups is 2. The van der Waals surface area contributed by atoms with E-state index in [4.69, 9.17) is 10.5 Å². The van der Waals surface area contributed by atoms with Crippen molar-refractivity contribution >= 4 is 17.6 Å². The summed E-state index contributed by atoms with van der Waals surface area (Å²) in [7, 11) is 0. The third-order valence-corrected chi connectivity index (χ3v) is 4.56. The summed E-state index contributed by atoms with van der Waals surface area (Å²) in [6.07, 6.45) is 0.0272. The van der Waals surface area contributed by atoms with Gasteiger partial charge in [0.15, 0.2) is 5.78 Å². The average Bonchev–Trinajstić information content (AvgIpc) is 2.68. The molecule has 1 heterocycles. The summed E-state index contributed by atoms with van der Waals surface area (Å²) in [5.41, 5.74) is 2.60. The van der Waals surface area contributed by atoms with E-state index in [9.17, 15) is 31.9 Å². The van der Waals surface area contributed by atoms with E-state index in [1.165, 1.54) is 6.92 Å². The van der Waals surface area contributed by atoms with Crippen LogP contribution in [0, 0.1) is 23.3 Å². The van der Waals surface area contributed by atoms with Crippen molar-refractivity contribution in [2.75, 3.05) is 12.3 Å². The molecule has 3 aromatic rings. The van der Waals surface area contributed by atoms with Gasteiger partial charge in [-0.2, -0.15) is 0 Å². The highest BCUT2D eigenvalue weighted by Gasteiger charge is 2.23. The smallest absolute Gasteiger partial charge is 0.302 e. The number of ether oxygens (including phenoxy) is 1. The Morgan fingerprint density at radius 2 is 1.62 bits per heavy atom. The maximum atomic E-state index is 14.7. The van der Waals surface area contributed by atoms with Crippen molar-refractivity contribution < 1.29 is 31.9 Å². The van der Waals surface area contributed by atoms with Crippen LogP contribution in [-0.2, 0) is 16.0 Å². The molecule has 2 aromatic carbocycles. The number of aromatic amines is 1. The number of H-pyrrole nitrogens is 1. The van der Waals surface area contributed by atoms with Crippen LogP contribution in [0.1, 0.15) is 28.4 Å². The lowest BCUT2D eigenvalue weighted by Crippen LogP contribution is -2.18. The van der Waals surface area contributed by atoms with E-state index in [1.54, 1.807) is 0 Å². The molecule has 3 rings (SSSR count). The number of pyridine rings is 1. The normalized spacial score (nSPS) is 10.8. The van der Waals surface area contributed by atoms with E-state index in [0.717, 1.165) is 30.3 Å². The third-order valence-electron chi connectivity index (χ3n) is 4.56. The largest absolute Gasteiger partial charge is 0.466 e. The second kappa shape index (κ2) is 9.04. The molecular formula is C22H16F4N2O4. The molecule has 0 unspecified atom stereocenters. The number of nitrogen functional groups attached to an aromatic ring is 1. The van der Waals surface area contributed by atoms with Gasteiger partial charge in [-0.15, -0.1) is 0 Å². The molecule has 0 aliphatic carbocycles. The highest BCUT2D eigenvalue weighted by molar-refractivity contribution is 6.12. The predicted molar refractivity (Wildman–Crippen MR) is 107 cm³/mol. The number of ketones is 1. The van der Waals surface area contributed by atoms with Crippen LogP contribution in [0.2, 0.25) is 0 Å². The Hall–Kier alpha value is -3.95. The highest BCUT2D eigenvalue weighted by Crippen LogP contribution is 2.28. The van der Waals surface area contributed by atoms with Crippen molar-refractivity contribution in [2.24, 2.45) is 0 Å². The van der Waals surface area contributed by atoms with Crippen molar-refractivity contribution in [3.05, 3.63) is 86.7 Å². The number of carbonyl (C=O) groups excluding carboxylic acids is 2. The van der Waals surface area contributed by atoms with E-state index in [2.05, 4.69) is 4.98 Å². The molecule has 1 aromatic heterocycles. The molecule has 0 radical (unpaired) electrons. The van der Waals surface area contributed by atoms with E-state index in [1.807, 2.05) is 0 Å². The first kappa shape index (κ1) is 22.7. The first-order chi connectivity index (χ1) is 15.1. The van der Waals surface area contributed by atoms with E-state index < -0.39 is 68.7 Å². The second-order valence-electron chi connectivity index (χ2n) is 6.82. The van der Waals surface area contributed by atoms with Gasteiger partial charge in [-0.1, -0.05) is 0 Å². The summed E-state index contributed by atoms with van der Waals surface area (Å²) in [5, 5.41) is 0. The molecule has 0 atom stereocenters. The maximum Gasteiger partial charge on any atom is 0.302 e. The van der Waals surface area contributed by atoms with Gasteiger partial charge in [0.2, 0.25) is 0 Å². The summed E-state index contributed by atoms with van der Waals surface area (Å²) < 4.78 is 61.3. The lowest BCUT2D eigenvalue weighted by atomic mass is 9.97. The topological polar surface area (TPSA) is 102 Å². The molecule has 0 amide bonds. The standard InChI is InChI=1S/C22H16F4N2O4/c1-10(29)32-5-4-11-6-17(25)19(18(26)7-11)14-9-15(21(27)28-22(14)31)20(30)13-3-2-12(23)8-16(13)24/h2-3,6-9H,4-5H2,1H3,(H3,27,28,31). The zero-order valence-corrected chi connectivity index (χ0v) is 16.6. The molecule has 0 bridgehead atoms. The SMILES string of the molecule is CC(=O)OCCc1cc(F)c(-c2cc(C(=O)c3ccc(F)cc3F)c(N)[nH]c2=O)c(F)c1. The van der Waals surface area contributed by atoms with Gasteiger partial charge in [0.1, 0.15) is 29.1 Å². The molecule has 0 aliphatic rings. The van der Waals surface area contributed by atoms with Crippen LogP contribution in [0.4, 0.5) is 23.4 Å². The van der Waals surface area contributed by atoms with Crippen LogP contribution >= 0.6 is 0 Å². The molecule has 0 saturated heterocycles. The van der Waals surface area contributed by atoms with Crippen LogP contribution < -0.4 is 11.3 Å². The Kier molecular flexibility index (Phi) is 6.42. The number of hydrogen-bond acceptors (Lipinski definition) is 5. The van der Waals surface area contributed by atoms with Gasteiger partial charge in [0.25, 0.3) is 5.56 Å². The number of halogens is 4. The van der Waals surface area contributed by atoms with Crippen molar-refractivity contribution in [3.8, 4) is 11.1 Å². The van der Waals surface area contributed by atoms with Gasteiger partial charge in [0.05, 0.1) is 28.9 Å². The Morgan fingerprint density at radius 1 is 0.969 bits per heavy atom. The fourth-order valence-corrected chi connectivity index (χ4v) is 3.08. The Labute approximate surface area is 178 Å². The minimum atomic E-state index is -1.17. The first-order valence-electron chi connectivity index (χ1n) is 9.22. The zero-order valence-electron chi connectivity index (χ0n) is 16.6. The minimum Gasteiger partial charge on any atom is -0.466 e. The fourth-order valence-electron chi connectivity index (χ4n) is 3.08. The van der Waals surface area contributed by atoms with E-state index in [-0.39, 0.29) is 18.6 Å². The summed E-state index contributed by atoms with van der Waals surface area (Å²) in [4.78, 5) is 38.0. The van der Waals surface area contributed by atoms with Gasteiger partial charge >= 0.3 is 5.97 Å². The lowest BCUT2D eigenvalue weighted by Gasteiger charge is -2.11. The quantitative estimate of drug-likeness (QED) is 0.341. The zero-order chi connectivity index (χ0) is 23.6. The first-order valence-corrected chi connectivity index (χ1v) is 9.22. The fraction of sp³-hybridized carbons (Fsp3) is 0.136. The molecular weight excluding hydrogens is 432 g/mol. The molecule has 0 aliphatic heterocycles. The number of anilines is 1. The predicted octanol–water partition coefficient (Wildman–Crippen LogP) is 3.52. The molecule has 0 saturated carbocycles. The third kappa shape index (κ3) is 4.69. The number of esters is 1. The monoisotopic (exact) mass is 448 g/mol. The average molecular weight is 448 g/mol. The molecule has 6 nitrogen and oxygen atoms in total. The Balaban J connectivity index is 2.05. The van der Waals surface area contributed by atoms with Gasteiger partial charge in [0, 0.05) is 19.4 Å². The van der Waals surface area contributed by atoms with Gasteiger partial charge in [-0.3, -0.25) is 14.4 Å². The number of benzene rings is 2. The van der Waals surface area contributed by atoms with E-state index >= 15 is 0 Å². The number of aromatic nitrogens is 1. The van der Waals surface area contributed by atoms with Crippen LogP contribution in [-0.4, -0.2) is 23.3 Å². The molecule has 0 spiro atoms. The van der Waals surface area contributed by atoms with Crippen LogP contribution in [0.15, 0.2) is 41.2 Å². The number of nitrogens with two attached hydrogens (primary N) is 1. The summed E-state index contributed by atoms with van der Waals surface area (Å²) >= 11 is 0. The summed E-state index contributed by atoms with van der Waals surface area (Å²) in [5.74, 6) is -6.31. The molecule has 0 fully saturated rings. The van der Waals surface area contributed by atoms with Crippen molar-refractivity contribution in [1.29, 1.82) is 0 Å². The highest BCUT2D eigenvalue weighted by atomic mass is 19.1. The Bertz CT molecular complexity index is 1260. The van der Waals surface area contributed by atoms with Gasteiger partial charge < -0.3 is 15.5 Å². The van der Waals surface area contributed by atoms with Crippen molar-refractivity contribution in [3.63, 3.8) is 0 Å². The van der Waals surface area contributed by atoms with Crippen LogP contribution in [0.5, 0.6) is 0 Å². The molecule has 3 N–H and O–H groups in total. The van der Waals surface area contributed by atoms with Gasteiger partial charge in [-0.25, -0.2) is 17.6 Å². The van der Waals surface area contributed by atoms with Crippen LogP contribution in [0.25, 0.3) is 11.1 Å². The van der Waals surface area contributed by atoms with Gasteiger partial charge in [-0.05, 0) is 35.9 Å². The minimum absolute atomic E-state index is 0.0272. The number of hydrogen-bond donors (Lipinski definition) is 2. The summed E-state index contributed by atoms with van der Waals surface area (Å²) in [6.45, 7) is 1.09.